The standard InChI is InChI=1S/C19H16BrN5O3S/c1-23-16-15(24(18(21)22-16)8-11-4-2-3-5-13(11)20)17(27)25(19(23)28)9-14(26)12-6-7-29-10-12/h2-7,10H,8-9H2,1H3,(H2,21,22). The number of thiophene rings is 1. The van der Waals surface area contributed by atoms with Crippen molar-refractivity contribution in [2.24, 2.45) is 7.05 Å². The van der Waals surface area contributed by atoms with Crippen LogP contribution in [0.15, 0.2) is 55.2 Å². The second-order valence-corrected chi connectivity index (χ2v) is 8.12. The number of nitrogen functional groups attached to an aromatic ring is 1. The van der Waals surface area contributed by atoms with Crippen molar-refractivity contribution >= 4 is 50.2 Å². The Morgan fingerprint density at radius 3 is 2.66 bits per heavy atom. The van der Waals surface area contributed by atoms with E-state index >= 15 is 0 Å². The lowest BCUT2D eigenvalue weighted by Crippen LogP contribution is -2.41. The summed E-state index contributed by atoms with van der Waals surface area (Å²) in [6, 6.07) is 9.21. The lowest BCUT2D eigenvalue weighted by molar-refractivity contribution is 0.0969. The van der Waals surface area contributed by atoms with Crippen LogP contribution in [-0.4, -0.2) is 24.5 Å². The second-order valence-electron chi connectivity index (χ2n) is 6.49. The van der Waals surface area contributed by atoms with Gasteiger partial charge < -0.3 is 10.3 Å². The van der Waals surface area contributed by atoms with Gasteiger partial charge in [0.05, 0.1) is 13.1 Å². The summed E-state index contributed by atoms with van der Waals surface area (Å²) >= 11 is 4.86. The number of carbonyl (C=O) groups excluding carboxylic acids is 1. The first-order valence-electron chi connectivity index (χ1n) is 8.63. The fourth-order valence-electron chi connectivity index (χ4n) is 3.14. The Kier molecular flexibility index (Phi) is 4.97. The molecule has 4 rings (SSSR count). The van der Waals surface area contributed by atoms with E-state index in [0.29, 0.717) is 5.56 Å². The normalized spacial score (nSPS) is 11.2. The number of hydrogen-bond acceptors (Lipinski definition) is 6. The quantitative estimate of drug-likeness (QED) is 0.447. The van der Waals surface area contributed by atoms with Crippen molar-refractivity contribution in [1.82, 2.24) is 18.7 Å². The number of aromatic nitrogens is 4. The fraction of sp³-hybridized carbons (Fsp3) is 0.158. The van der Waals surface area contributed by atoms with Crippen LogP contribution >= 0.6 is 27.3 Å². The van der Waals surface area contributed by atoms with Gasteiger partial charge in [-0.1, -0.05) is 34.1 Å². The summed E-state index contributed by atoms with van der Waals surface area (Å²) in [5.74, 6) is -0.195. The molecule has 0 unspecified atom stereocenters. The number of anilines is 1. The third-order valence-corrected chi connectivity index (χ3v) is 6.15. The molecule has 148 valence electrons. The van der Waals surface area contributed by atoms with Gasteiger partial charge >= 0.3 is 5.69 Å². The molecule has 0 saturated heterocycles. The molecule has 0 aliphatic heterocycles. The molecule has 8 nitrogen and oxygen atoms in total. The van der Waals surface area contributed by atoms with Gasteiger partial charge in [-0.25, -0.2) is 4.79 Å². The van der Waals surface area contributed by atoms with Crippen molar-refractivity contribution < 1.29 is 4.79 Å². The summed E-state index contributed by atoms with van der Waals surface area (Å²) in [5, 5.41) is 3.45. The zero-order valence-corrected chi connectivity index (χ0v) is 17.7. The van der Waals surface area contributed by atoms with Crippen molar-refractivity contribution in [3.05, 3.63) is 77.5 Å². The predicted molar refractivity (Wildman–Crippen MR) is 116 cm³/mol. The summed E-state index contributed by atoms with van der Waals surface area (Å²) in [4.78, 5) is 42.6. The maximum absolute atomic E-state index is 13.2. The Morgan fingerprint density at radius 1 is 1.21 bits per heavy atom. The van der Waals surface area contributed by atoms with Gasteiger partial charge in [-0.3, -0.25) is 18.7 Å². The lowest BCUT2D eigenvalue weighted by Gasteiger charge is -2.10. The average Bonchev–Trinajstić information content (AvgIpc) is 3.34. The number of nitrogens with zero attached hydrogens (tertiary/aromatic N) is 4. The van der Waals surface area contributed by atoms with Crippen molar-refractivity contribution in [2.75, 3.05) is 5.73 Å². The number of ketones is 1. The molecule has 10 heteroatoms. The molecule has 3 heterocycles. The van der Waals surface area contributed by atoms with Crippen LogP contribution in [-0.2, 0) is 20.1 Å². The van der Waals surface area contributed by atoms with Gasteiger partial charge in [-0.2, -0.15) is 16.3 Å². The summed E-state index contributed by atoms with van der Waals surface area (Å²) in [5.41, 5.74) is 6.59. The highest BCUT2D eigenvalue weighted by molar-refractivity contribution is 9.10. The minimum absolute atomic E-state index is 0.116. The molecule has 0 saturated carbocycles. The number of nitrogens with two attached hydrogens (primary N) is 1. The topological polar surface area (TPSA) is 105 Å². The highest BCUT2D eigenvalue weighted by Gasteiger charge is 2.21. The Hall–Kier alpha value is -2.98. The Labute approximate surface area is 177 Å². The van der Waals surface area contributed by atoms with Gasteiger partial charge in [0.15, 0.2) is 16.9 Å². The molecule has 0 amide bonds. The molecule has 3 aromatic heterocycles. The zero-order valence-electron chi connectivity index (χ0n) is 15.3. The molecule has 0 bridgehead atoms. The average molecular weight is 474 g/mol. The Morgan fingerprint density at radius 2 is 1.97 bits per heavy atom. The molecule has 0 fully saturated rings. The number of rotatable bonds is 5. The van der Waals surface area contributed by atoms with Gasteiger partial charge in [-0.15, -0.1) is 0 Å². The molecule has 0 atom stereocenters. The summed E-state index contributed by atoms with van der Waals surface area (Å²) in [7, 11) is 1.50. The summed E-state index contributed by atoms with van der Waals surface area (Å²) in [6.07, 6.45) is 0. The van der Waals surface area contributed by atoms with E-state index < -0.39 is 11.2 Å². The molecule has 0 spiro atoms. The van der Waals surface area contributed by atoms with E-state index in [0.717, 1.165) is 14.6 Å². The number of Topliss-reactive ketones (excluding diaryl/α,β-unsaturated/α-hetero) is 1. The van der Waals surface area contributed by atoms with Crippen LogP contribution in [0.5, 0.6) is 0 Å². The van der Waals surface area contributed by atoms with Crippen LogP contribution in [0.1, 0.15) is 15.9 Å². The van der Waals surface area contributed by atoms with E-state index in [9.17, 15) is 14.4 Å². The number of imidazole rings is 1. The maximum atomic E-state index is 13.2. The summed E-state index contributed by atoms with van der Waals surface area (Å²) in [6.45, 7) is -0.0615. The Bertz CT molecular complexity index is 1350. The van der Waals surface area contributed by atoms with Gasteiger partial charge in [0.2, 0.25) is 5.95 Å². The largest absolute Gasteiger partial charge is 0.369 e. The lowest BCUT2D eigenvalue weighted by atomic mass is 10.2. The van der Waals surface area contributed by atoms with E-state index in [1.165, 1.54) is 23.0 Å². The molecule has 1 aromatic carbocycles. The van der Waals surface area contributed by atoms with Gasteiger partial charge in [0.1, 0.15) is 0 Å². The number of fused-ring (bicyclic) bond motifs is 1. The molecular weight excluding hydrogens is 458 g/mol. The first kappa shape index (κ1) is 19.3. The SMILES string of the molecule is Cn1c(=O)n(CC(=O)c2ccsc2)c(=O)c2c1nc(N)n2Cc1ccccc1Br. The van der Waals surface area contributed by atoms with Crippen molar-refractivity contribution in [3.8, 4) is 0 Å². The van der Waals surface area contributed by atoms with Gasteiger partial charge in [0.25, 0.3) is 5.56 Å². The van der Waals surface area contributed by atoms with Gasteiger partial charge in [0, 0.05) is 22.5 Å². The molecular formula is C19H16BrN5O3S. The smallest absolute Gasteiger partial charge is 0.332 e. The predicted octanol–water partition coefficient (Wildman–Crippen LogP) is 2.23. The second kappa shape index (κ2) is 7.45. The summed E-state index contributed by atoms with van der Waals surface area (Å²) < 4.78 is 4.59. The van der Waals surface area contributed by atoms with E-state index in [1.807, 2.05) is 24.3 Å². The van der Waals surface area contributed by atoms with Crippen LogP contribution in [0.25, 0.3) is 11.2 Å². The van der Waals surface area contributed by atoms with Crippen LogP contribution < -0.4 is 17.0 Å². The molecule has 0 aliphatic carbocycles. The van der Waals surface area contributed by atoms with Crippen molar-refractivity contribution in [3.63, 3.8) is 0 Å². The number of carbonyl (C=O) groups is 1. The minimum Gasteiger partial charge on any atom is -0.369 e. The number of aryl methyl sites for hydroxylation is 1. The van der Waals surface area contributed by atoms with Crippen LogP contribution in [0, 0.1) is 0 Å². The highest BCUT2D eigenvalue weighted by atomic mass is 79.9. The van der Waals surface area contributed by atoms with Crippen LogP contribution in [0.2, 0.25) is 0 Å². The molecule has 2 N–H and O–H groups in total. The van der Waals surface area contributed by atoms with E-state index in [1.54, 1.807) is 21.4 Å². The monoisotopic (exact) mass is 473 g/mol. The fourth-order valence-corrected chi connectivity index (χ4v) is 4.21. The molecule has 29 heavy (non-hydrogen) atoms. The zero-order chi connectivity index (χ0) is 20.7. The Balaban J connectivity index is 1.89. The third kappa shape index (κ3) is 3.34. The first-order chi connectivity index (χ1) is 13.9. The van der Waals surface area contributed by atoms with E-state index in [-0.39, 0.29) is 36.0 Å². The van der Waals surface area contributed by atoms with Gasteiger partial charge in [-0.05, 0) is 23.1 Å². The van der Waals surface area contributed by atoms with Crippen LogP contribution in [0.3, 0.4) is 0 Å². The van der Waals surface area contributed by atoms with Crippen LogP contribution in [0.4, 0.5) is 5.95 Å². The third-order valence-electron chi connectivity index (χ3n) is 4.69. The van der Waals surface area contributed by atoms with Crippen molar-refractivity contribution in [1.29, 1.82) is 0 Å². The van der Waals surface area contributed by atoms with E-state index in [4.69, 9.17) is 5.73 Å². The minimum atomic E-state index is -0.614. The molecule has 0 radical (unpaired) electrons. The highest BCUT2D eigenvalue weighted by Crippen LogP contribution is 2.21. The first-order valence-corrected chi connectivity index (χ1v) is 10.4. The molecule has 4 aromatic rings. The maximum Gasteiger partial charge on any atom is 0.332 e. The number of hydrogen-bond donors (Lipinski definition) is 1. The van der Waals surface area contributed by atoms with E-state index in [2.05, 4.69) is 20.9 Å². The molecule has 0 aliphatic rings. The van der Waals surface area contributed by atoms with Crippen molar-refractivity contribution in [2.45, 2.75) is 13.1 Å². The number of halogens is 1. The number of benzene rings is 1.